The van der Waals surface area contributed by atoms with Crippen LogP contribution < -0.4 is 0 Å². The minimum atomic E-state index is -1.87. The Labute approximate surface area is 155 Å². The van der Waals surface area contributed by atoms with Gasteiger partial charge in [-0.3, -0.25) is 0 Å². The quantitative estimate of drug-likeness (QED) is 0.564. The predicted molar refractivity (Wildman–Crippen MR) is 109 cm³/mol. The average molecular weight is 359 g/mol. The van der Waals surface area contributed by atoms with Crippen LogP contribution >= 0.6 is 0 Å². The Bertz CT molecular complexity index is 609. The van der Waals surface area contributed by atoms with Gasteiger partial charge in [-0.05, 0) is 49.0 Å². The molecule has 0 radical (unpaired) electrons. The molecule has 0 saturated carbocycles. The Morgan fingerprint density at radius 3 is 2.40 bits per heavy atom. The van der Waals surface area contributed by atoms with Crippen molar-refractivity contribution in [2.45, 2.75) is 64.1 Å². The lowest BCUT2D eigenvalue weighted by atomic mass is 9.89. The Morgan fingerprint density at radius 1 is 1.12 bits per heavy atom. The number of hydrogen-bond donors (Lipinski definition) is 0. The maximum absolute atomic E-state index is 6.68. The summed E-state index contributed by atoms with van der Waals surface area (Å²) in [6.07, 6.45) is 8.07. The fourth-order valence-electron chi connectivity index (χ4n) is 2.88. The van der Waals surface area contributed by atoms with Crippen LogP contribution in [0, 0.1) is 0 Å². The summed E-state index contributed by atoms with van der Waals surface area (Å²) in [7, 11) is -0.103. The summed E-state index contributed by atoms with van der Waals surface area (Å²) in [6.45, 7) is 12.1. The molecular formula is C22H34O2Si. The molecule has 1 aliphatic carbocycles. The van der Waals surface area contributed by atoms with E-state index >= 15 is 0 Å². The Hall–Kier alpha value is -1.32. The molecule has 1 aromatic rings. The van der Waals surface area contributed by atoms with E-state index in [0.29, 0.717) is 12.5 Å². The van der Waals surface area contributed by atoms with Gasteiger partial charge >= 0.3 is 0 Å². The third-order valence-electron chi connectivity index (χ3n) is 5.47. The first-order chi connectivity index (χ1) is 11.7. The summed E-state index contributed by atoms with van der Waals surface area (Å²) in [6, 6.07) is 10.8. The van der Waals surface area contributed by atoms with Gasteiger partial charge in [0, 0.05) is 18.6 Å². The number of methoxy groups -OCH3 is 1. The summed E-state index contributed by atoms with van der Waals surface area (Å²) in [5.41, 5.74) is 2.57. The van der Waals surface area contributed by atoms with Crippen LogP contribution in [0.2, 0.25) is 18.1 Å². The molecule has 0 spiro atoms. The monoisotopic (exact) mass is 358 g/mol. The van der Waals surface area contributed by atoms with E-state index in [1.165, 1.54) is 24.0 Å². The molecule has 1 unspecified atom stereocenters. The standard InChI is InChI=1S/C22H34O2Si/c1-22(2,3)25(5,6)24-21-15-11-10-14-19(16-20(21)17-23-4)18-12-8-7-9-13-18/h7-9,12-13,15-16,19H,10-11,14,17H2,1-6H3/b20-16-,21-15+. The number of benzene rings is 1. The first-order valence-corrected chi connectivity index (χ1v) is 12.3. The largest absolute Gasteiger partial charge is 0.543 e. The highest BCUT2D eigenvalue weighted by molar-refractivity contribution is 6.74. The first kappa shape index (κ1) is 20.0. The lowest BCUT2D eigenvalue weighted by Gasteiger charge is -2.38. The van der Waals surface area contributed by atoms with Crippen molar-refractivity contribution in [1.29, 1.82) is 0 Å². The maximum Gasteiger partial charge on any atom is 0.250 e. The van der Waals surface area contributed by atoms with Crippen LogP contribution in [0.4, 0.5) is 0 Å². The van der Waals surface area contributed by atoms with E-state index in [1.807, 2.05) is 0 Å². The molecule has 25 heavy (non-hydrogen) atoms. The molecule has 138 valence electrons. The maximum atomic E-state index is 6.68. The van der Waals surface area contributed by atoms with Crippen LogP contribution in [0.3, 0.4) is 0 Å². The second kappa shape index (κ2) is 8.37. The summed E-state index contributed by atoms with van der Waals surface area (Å²) in [4.78, 5) is 0. The molecule has 1 aliphatic rings. The molecule has 2 rings (SSSR count). The highest BCUT2D eigenvalue weighted by Gasteiger charge is 2.39. The van der Waals surface area contributed by atoms with Crippen LogP contribution in [-0.2, 0) is 9.16 Å². The molecule has 0 aliphatic heterocycles. The normalized spacial score (nSPS) is 23.7. The van der Waals surface area contributed by atoms with Gasteiger partial charge in [-0.15, -0.1) is 0 Å². The zero-order valence-electron chi connectivity index (χ0n) is 16.8. The first-order valence-electron chi connectivity index (χ1n) is 9.39. The van der Waals surface area contributed by atoms with Crippen LogP contribution in [0.15, 0.2) is 53.8 Å². The molecule has 0 saturated heterocycles. The van der Waals surface area contributed by atoms with E-state index in [9.17, 15) is 0 Å². The van der Waals surface area contributed by atoms with Crippen molar-refractivity contribution in [3.63, 3.8) is 0 Å². The van der Waals surface area contributed by atoms with Crippen molar-refractivity contribution in [2.24, 2.45) is 0 Å². The SMILES string of the molecule is COCC1=C/C(c2ccccc2)CCC/C=C\1O[Si](C)(C)C(C)(C)C. The van der Waals surface area contributed by atoms with Crippen LogP contribution in [0.1, 0.15) is 51.5 Å². The highest BCUT2D eigenvalue weighted by Crippen LogP contribution is 2.40. The van der Waals surface area contributed by atoms with Gasteiger partial charge in [0.1, 0.15) is 5.76 Å². The molecular weight excluding hydrogens is 324 g/mol. The fourth-order valence-corrected chi connectivity index (χ4v) is 3.95. The van der Waals surface area contributed by atoms with E-state index < -0.39 is 8.32 Å². The van der Waals surface area contributed by atoms with Crippen LogP contribution in [0.5, 0.6) is 0 Å². The lowest BCUT2D eigenvalue weighted by molar-refractivity contribution is 0.219. The van der Waals surface area contributed by atoms with Crippen molar-refractivity contribution >= 4 is 8.32 Å². The molecule has 0 bridgehead atoms. The lowest BCUT2D eigenvalue weighted by Crippen LogP contribution is -2.40. The zero-order valence-corrected chi connectivity index (χ0v) is 17.8. The molecule has 2 nitrogen and oxygen atoms in total. The summed E-state index contributed by atoms with van der Waals surface area (Å²) in [5.74, 6) is 1.48. The third-order valence-corrected chi connectivity index (χ3v) is 9.81. The Kier molecular flexibility index (Phi) is 6.70. The van der Waals surface area contributed by atoms with E-state index in [0.717, 1.165) is 12.2 Å². The second-order valence-corrected chi connectivity index (χ2v) is 13.2. The van der Waals surface area contributed by atoms with Gasteiger partial charge in [-0.2, -0.15) is 0 Å². The summed E-state index contributed by atoms with van der Waals surface area (Å²) >= 11 is 0. The number of ether oxygens (including phenoxy) is 1. The van der Waals surface area contributed by atoms with Gasteiger partial charge in [-0.25, -0.2) is 0 Å². The second-order valence-electron chi connectivity index (χ2n) is 8.50. The van der Waals surface area contributed by atoms with Crippen LogP contribution in [-0.4, -0.2) is 22.0 Å². The van der Waals surface area contributed by atoms with Gasteiger partial charge in [0.15, 0.2) is 0 Å². The number of hydrogen-bond acceptors (Lipinski definition) is 2. The zero-order chi connectivity index (χ0) is 18.5. The molecule has 0 heterocycles. The van der Waals surface area contributed by atoms with Gasteiger partial charge < -0.3 is 9.16 Å². The van der Waals surface area contributed by atoms with E-state index in [1.54, 1.807) is 7.11 Å². The fraction of sp³-hybridized carbons (Fsp3) is 0.545. The van der Waals surface area contributed by atoms with E-state index in [4.69, 9.17) is 9.16 Å². The summed E-state index contributed by atoms with van der Waals surface area (Å²) < 4.78 is 12.2. The van der Waals surface area contributed by atoms with Crippen molar-refractivity contribution in [3.8, 4) is 0 Å². The summed E-state index contributed by atoms with van der Waals surface area (Å²) in [5, 5.41) is 0.188. The molecule has 3 heteroatoms. The minimum absolute atomic E-state index is 0.188. The van der Waals surface area contributed by atoms with Crippen molar-refractivity contribution < 1.29 is 9.16 Å². The van der Waals surface area contributed by atoms with Gasteiger partial charge in [0.05, 0.1) is 6.61 Å². The molecule has 0 amide bonds. The van der Waals surface area contributed by atoms with Gasteiger partial charge in [-0.1, -0.05) is 57.2 Å². The number of rotatable bonds is 5. The topological polar surface area (TPSA) is 18.5 Å². The average Bonchev–Trinajstić information content (AvgIpc) is 2.53. The highest BCUT2D eigenvalue weighted by atomic mass is 28.4. The predicted octanol–water partition coefficient (Wildman–Crippen LogP) is 6.43. The molecule has 1 aromatic carbocycles. The van der Waals surface area contributed by atoms with Crippen molar-refractivity contribution in [2.75, 3.05) is 13.7 Å². The molecule has 1 atom stereocenters. The van der Waals surface area contributed by atoms with E-state index in [2.05, 4.69) is 76.3 Å². The third kappa shape index (κ3) is 5.32. The smallest absolute Gasteiger partial charge is 0.250 e. The molecule has 0 fully saturated rings. The number of allylic oxidation sites excluding steroid dienone is 2. The van der Waals surface area contributed by atoms with Crippen molar-refractivity contribution in [3.05, 3.63) is 59.4 Å². The van der Waals surface area contributed by atoms with E-state index in [-0.39, 0.29) is 5.04 Å². The van der Waals surface area contributed by atoms with Gasteiger partial charge in [0.2, 0.25) is 8.32 Å². The Balaban J connectivity index is 2.35. The van der Waals surface area contributed by atoms with Gasteiger partial charge in [0.25, 0.3) is 0 Å². The van der Waals surface area contributed by atoms with Crippen molar-refractivity contribution in [1.82, 2.24) is 0 Å². The minimum Gasteiger partial charge on any atom is -0.543 e. The Morgan fingerprint density at radius 2 is 1.80 bits per heavy atom. The molecule has 0 N–H and O–H groups in total. The van der Waals surface area contributed by atoms with Crippen LogP contribution in [0.25, 0.3) is 0 Å². The molecule has 0 aromatic heterocycles.